The SMILES string of the molecule is C/C(=C/c1ccc(C)cc1)C(=O)NCC1(CO)CCOCC1. The first-order chi connectivity index (χ1) is 10.5. The van der Waals surface area contributed by atoms with E-state index in [4.69, 9.17) is 4.74 Å². The minimum absolute atomic E-state index is 0.0807. The topological polar surface area (TPSA) is 58.6 Å². The monoisotopic (exact) mass is 303 g/mol. The molecular weight excluding hydrogens is 278 g/mol. The molecule has 4 heteroatoms. The fourth-order valence-electron chi connectivity index (χ4n) is 2.58. The molecule has 0 aromatic heterocycles. The van der Waals surface area contributed by atoms with Crippen LogP contribution in [0.1, 0.15) is 30.9 Å². The highest BCUT2D eigenvalue weighted by molar-refractivity contribution is 5.97. The number of amides is 1. The molecule has 1 amide bonds. The van der Waals surface area contributed by atoms with E-state index in [-0.39, 0.29) is 17.9 Å². The number of ether oxygens (including phenoxy) is 1. The van der Waals surface area contributed by atoms with Crippen molar-refractivity contribution in [2.24, 2.45) is 5.41 Å². The molecule has 0 radical (unpaired) electrons. The maximum absolute atomic E-state index is 12.2. The van der Waals surface area contributed by atoms with Crippen LogP contribution < -0.4 is 5.32 Å². The number of carbonyl (C=O) groups excluding carboxylic acids is 1. The van der Waals surface area contributed by atoms with Gasteiger partial charge in [0.15, 0.2) is 0 Å². The van der Waals surface area contributed by atoms with Crippen LogP contribution in [0.25, 0.3) is 6.08 Å². The van der Waals surface area contributed by atoms with Gasteiger partial charge in [-0.05, 0) is 38.3 Å². The van der Waals surface area contributed by atoms with Crippen molar-refractivity contribution in [3.63, 3.8) is 0 Å². The smallest absolute Gasteiger partial charge is 0.246 e. The van der Waals surface area contributed by atoms with Gasteiger partial charge in [-0.2, -0.15) is 0 Å². The molecule has 0 aliphatic carbocycles. The number of aliphatic hydroxyl groups is 1. The molecule has 120 valence electrons. The van der Waals surface area contributed by atoms with Gasteiger partial charge in [-0.1, -0.05) is 29.8 Å². The predicted octanol–water partition coefficient (Wildman–Crippen LogP) is 2.30. The van der Waals surface area contributed by atoms with E-state index in [2.05, 4.69) is 5.32 Å². The van der Waals surface area contributed by atoms with Crippen LogP contribution >= 0.6 is 0 Å². The zero-order valence-corrected chi connectivity index (χ0v) is 13.4. The number of rotatable bonds is 5. The minimum Gasteiger partial charge on any atom is -0.396 e. The van der Waals surface area contributed by atoms with Gasteiger partial charge in [0.05, 0.1) is 6.61 Å². The first-order valence-electron chi connectivity index (χ1n) is 7.76. The highest BCUT2D eigenvalue weighted by atomic mass is 16.5. The number of hydrogen-bond donors (Lipinski definition) is 2. The number of hydrogen-bond acceptors (Lipinski definition) is 3. The summed E-state index contributed by atoms with van der Waals surface area (Å²) in [7, 11) is 0. The Morgan fingerprint density at radius 2 is 1.95 bits per heavy atom. The van der Waals surface area contributed by atoms with Crippen LogP contribution in [0.2, 0.25) is 0 Å². The van der Waals surface area contributed by atoms with Gasteiger partial charge in [0, 0.05) is 30.7 Å². The van der Waals surface area contributed by atoms with Crippen LogP contribution in [-0.4, -0.2) is 37.4 Å². The summed E-state index contributed by atoms with van der Waals surface area (Å²) in [5.74, 6) is -0.0834. The van der Waals surface area contributed by atoms with Crippen molar-refractivity contribution in [2.45, 2.75) is 26.7 Å². The number of nitrogens with one attached hydrogen (secondary N) is 1. The van der Waals surface area contributed by atoms with Crippen LogP contribution in [0.15, 0.2) is 29.8 Å². The van der Waals surface area contributed by atoms with Gasteiger partial charge in [-0.25, -0.2) is 0 Å². The summed E-state index contributed by atoms with van der Waals surface area (Å²) < 4.78 is 5.33. The fourth-order valence-corrected chi connectivity index (χ4v) is 2.58. The Bertz CT molecular complexity index is 528. The quantitative estimate of drug-likeness (QED) is 0.821. The second-order valence-corrected chi connectivity index (χ2v) is 6.19. The van der Waals surface area contributed by atoms with E-state index in [1.165, 1.54) is 5.56 Å². The molecule has 0 spiro atoms. The van der Waals surface area contributed by atoms with Crippen molar-refractivity contribution >= 4 is 12.0 Å². The van der Waals surface area contributed by atoms with E-state index in [1.807, 2.05) is 44.2 Å². The fraction of sp³-hybridized carbons (Fsp3) is 0.500. The molecule has 1 saturated heterocycles. The van der Waals surface area contributed by atoms with Crippen LogP contribution in [0, 0.1) is 12.3 Å². The summed E-state index contributed by atoms with van der Waals surface area (Å²) in [4.78, 5) is 12.2. The summed E-state index contributed by atoms with van der Waals surface area (Å²) in [6.45, 7) is 5.71. The molecule has 2 N–H and O–H groups in total. The molecule has 1 aromatic carbocycles. The maximum atomic E-state index is 12.2. The van der Waals surface area contributed by atoms with E-state index in [1.54, 1.807) is 0 Å². The maximum Gasteiger partial charge on any atom is 0.246 e. The van der Waals surface area contributed by atoms with Crippen molar-refractivity contribution in [1.29, 1.82) is 0 Å². The number of benzene rings is 1. The average Bonchev–Trinajstić information content (AvgIpc) is 2.55. The molecule has 0 saturated carbocycles. The van der Waals surface area contributed by atoms with Gasteiger partial charge in [-0.3, -0.25) is 4.79 Å². The molecule has 0 atom stereocenters. The molecule has 1 fully saturated rings. The zero-order valence-electron chi connectivity index (χ0n) is 13.4. The Balaban J connectivity index is 1.94. The largest absolute Gasteiger partial charge is 0.396 e. The summed E-state index contributed by atoms with van der Waals surface area (Å²) in [5.41, 5.74) is 2.65. The van der Waals surface area contributed by atoms with Gasteiger partial charge in [-0.15, -0.1) is 0 Å². The second-order valence-electron chi connectivity index (χ2n) is 6.19. The Kier molecular flexibility index (Phi) is 5.75. The van der Waals surface area contributed by atoms with Crippen LogP contribution in [-0.2, 0) is 9.53 Å². The molecule has 2 rings (SSSR count). The first kappa shape index (κ1) is 16.7. The second kappa shape index (κ2) is 7.56. The molecule has 0 unspecified atom stereocenters. The Morgan fingerprint density at radius 3 is 2.55 bits per heavy atom. The average molecular weight is 303 g/mol. The van der Waals surface area contributed by atoms with Gasteiger partial charge < -0.3 is 15.2 Å². The Morgan fingerprint density at radius 1 is 1.32 bits per heavy atom. The normalized spacial score (nSPS) is 18.0. The third-order valence-electron chi connectivity index (χ3n) is 4.33. The first-order valence-corrected chi connectivity index (χ1v) is 7.76. The van der Waals surface area contributed by atoms with Gasteiger partial charge >= 0.3 is 0 Å². The van der Waals surface area contributed by atoms with E-state index >= 15 is 0 Å². The molecule has 1 aliphatic rings. The Labute approximate surface area is 132 Å². The van der Waals surface area contributed by atoms with Gasteiger partial charge in [0.1, 0.15) is 0 Å². The molecule has 22 heavy (non-hydrogen) atoms. The summed E-state index contributed by atoms with van der Waals surface area (Å²) in [5, 5.41) is 12.6. The molecule has 1 aromatic rings. The number of aliphatic hydroxyl groups excluding tert-OH is 1. The lowest BCUT2D eigenvalue weighted by atomic mass is 9.81. The van der Waals surface area contributed by atoms with Crippen LogP contribution in [0.3, 0.4) is 0 Å². The van der Waals surface area contributed by atoms with Gasteiger partial charge in [0.2, 0.25) is 5.91 Å². The van der Waals surface area contributed by atoms with Gasteiger partial charge in [0.25, 0.3) is 0 Å². The standard InChI is InChI=1S/C18H25NO3/c1-14-3-5-16(6-4-14)11-15(2)17(21)19-12-18(13-20)7-9-22-10-8-18/h3-6,11,20H,7-10,12-13H2,1-2H3,(H,19,21)/b15-11-. The van der Waals surface area contributed by atoms with E-state index in [0.29, 0.717) is 25.3 Å². The highest BCUT2D eigenvalue weighted by Gasteiger charge is 2.32. The zero-order chi connectivity index (χ0) is 16.0. The molecule has 1 heterocycles. The lowest BCUT2D eigenvalue weighted by Gasteiger charge is -2.35. The van der Waals surface area contributed by atoms with Crippen LogP contribution in [0.5, 0.6) is 0 Å². The van der Waals surface area contributed by atoms with Crippen LogP contribution in [0.4, 0.5) is 0 Å². The van der Waals surface area contributed by atoms with Crippen molar-refractivity contribution in [3.05, 3.63) is 41.0 Å². The van der Waals surface area contributed by atoms with Crippen molar-refractivity contribution in [1.82, 2.24) is 5.32 Å². The number of carbonyl (C=O) groups is 1. The molecule has 1 aliphatic heterocycles. The molecule has 4 nitrogen and oxygen atoms in total. The molecule has 0 bridgehead atoms. The predicted molar refractivity (Wildman–Crippen MR) is 87.4 cm³/mol. The Hall–Kier alpha value is -1.65. The van der Waals surface area contributed by atoms with E-state index in [9.17, 15) is 9.90 Å². The third-order valence-corrected chi connectivity index (χ3v) is 4.33. The molecular formula is C18H25NO3. The van der Waals surface area contributed by atoms with Crippen molar-refractivity contribution in [3.8, 4) is 0 Å². The summed E-state index contributed by atoms with van der Waals surface area (Å²) in [6, 6.07) is 8.05. The summed E-state index contributed by atoms with van der Waals surface area (Å²) >= 11 is 0. The third kappa shape index (κ3) is 4.42. The lowest BCUT2D eigenvalue weighted by molar-refractivity contribution is -0.118. The number of aryl methyl sites for hydroxylation is 1. The van der Waals surface area contributed by atoms with Crippen molar-refractivity contribution < 1.29 is 14.6 Å². The highest BCUT2D eigenvalue weighted by Crippen LogP contribution is 2.29. The minimum atomic E-state index is -0.238. The summed E-state index contributed by atoms with van der Waals surface area (Å²) in [6.07, 6.45) is 3.44. The lowest BCUT2D eigenvalue weighted by Crippen LogP contribution is -2.43. The van der Waals surface area contributed by atoms with E-state index in [0.717, 1.165) is 18.4 Å². The van der Waals surface area contributed by atoms with Crippen molar-refractivity contribution in [2.75, 3.05) is 26.4 Å². The van der Waals surface area contributed by atoms with E-state index < -0.39 is 0 Å².